The highest BCUT2D eigenvalue weighted by Gasteiger charge is 2.38. The van der Waals surface area contributed by atoms with Crippen LogP contribution in [-0.4, -0.2) is 83.6 Å². The number of hydrogen-bond acceptors (Lipinski definition) is 10. The molecule has 232 valence electrons. The van der Waals surface area contributed by atoms with Crippen molar-refractivity contribution in [2.24, 2.45) is 5.11 Å². The zero-order valence-electron chi connectivity index (χ0n) is 24.4. The summed E-state index contributed by atoms with van der Waals surface area (Å²) in [7, 11) is 2.00. The lowest BCUT2D eigenvalue weighted by molar-refractivity contribution is -0.0363. The predicted octanol–water partition coefficient (Wildman–Crippen LogP) is 1.83. The van der Waals surface area contributed by atoms with Crippen molar-refractivity contribution in [3.63, 3.8) is 0 Å². The maximum atomic E-state index is 15.6. The average Bonchev–Trinajstić information content (AvgIpc) is 3.39. The van der Waals surface area contributed by atoms with E-state index < -0.39 is 53.4 Å². The van der Waals surface area contributed by atoms with Crippen molar-refractivity contribution in [3.8, 4) is 5.75 Å². The first kappa shape index (κ1) is 29.4. The Kier molecular flexibility index (Phi) is 7.65. The fraction of sp³-hybridized carbons (Fsp3) is 0.500. The van der Waals surface area contributed by atoms with Gasteiger partial charge in [0.1, 0.15) is 36.8 Å². The molecule has 0 bridgehead atoms. The highest BCUT2D eigenvalue weighted by molar-refractivity contribution is 5.98. The molecule has 6 rings (SSSR count). The number of benzene rings is 1. The third-order valence-corrected chi connectivity index (χ3v) is 8.42. The summed E-state index contributed by atoms with van der Waals surface area (Å²) < 4.78 is 35.9. The lowest BCUT2D eigenvalue weighted by Gasteiger charge is -2.37. The Balaban J connectivity index is 1.29. The zero-order chi connectivity index (χ0) is 31.3. The molecule has 44 heavy (non-hydrogen) atoms. The number of carbonyl (C=O) groups is 1. The number of nitrogens with zero attached hydrogens (tertiary/aromatic N) is 7. The summed E-state index contributed by atoms with van der Waals surface area (Å²) in [6.07, 6.45) is 0.979. The lowest BCUT2D eigenvalue weighted by atomic mass is 10.1. The molecule has 0 saturated carbocycles. The van der Waals surface area contributed by atoms with Crippen molar-refractivity contribution >= 4 is 22.6 Å². The fourth-order valence-corrected chi connectivity index (χ4v) is 5.94. The molecule has 0 spiro atoms. The SMILES string of the molecule is Cc1cn(C2CC(N=[N+]=[N-])C(COC(=O)c3cn4c5c(c(N6CCN(C)CC6)c(F)cc5c3=O)OC[C@@H]4C)O2)c(=O)[nH]c1=O. The van der Waals surface area contributed by atoms with Gasteiger partial charge in [-0.15, -0.1) is 0 Å². The van der Waals surface area contributed by atoms with Gasteiger partial charge in [0.05, 0.1) is 23.0 Å². The van der Waals surface area contributed by atoms with Gasteiger partial charge in [-0.3, -0.25) is 19.1 Å². The molecule has 2 aromatic heterocycles. The first-order valence-electron chi connectivity index (χ1n) is 14.2. The summed E-state index contributed by atoms with van der Waals surface area (Å²) in [5.41, 5.74) is 7.80. The number of anilines is 1. The molecule has 2 saturated heterocycles. The minimum Gasteiger partial charge on any atom is -0.487 e. The Labute approximate surface area is 249 Å². The molecular formula is C28H31FN8O7. The largest absolute Gasteiger partial charge is 0.487 e. The number of likely N-dealkylation sites (N-methyl/N-ethyl adjacent to an activating group) is 1. The molecule has 16 heteroatoms. The molecule has 0 radical (unpaired) electrons. The van der Waals surface area contributed by atoms with Crippen LogP contribution in [-0.2, 0) is 9.47 Å². The molecule has 3 aliphatic heterocycles. The van der Waals surface area contributed by atoms with Gasteiger partial charge in [-0.2, -0.15) is 0 Å². The summed E-state index contributed by atoms with van der Waals surface area (Å²) in [5.74, 6) is -1.31. The third kappa shape index (κ3) is 5.10. The number of piperazine rings is 1. The monoisotopic (exact) mass is 610 g/mol. The van der Waals surface area contributed by atoms with Gasteiger partial charge in [0.2, 0.25) is 5.43 Å². The van der Waals surface area contributed by atoms with E-state index in [1.807, 2.05) is 18.9 Å². The highest BCUT2D eigenvalue weighted by Crippen LogP contribution is 2.42. The van der Waals surface area contributed by atoms with Crippen LogP contribution in [0.5, 0.6) is 5.75 Å². The van der Waals surface area contributed by atoms with Crippen LogP contribution in [0, 0.1) is 12.7 Å². The highest BCUT2D eigenvalue weighted by atomic mass is 19.1. The number of hydrogen-bond donors (Lipinski definition) is 1. The van der Waals surface area contributed by atoms with Gasteiger partial charge in [0.15, 0.2) is 11.6 Å². The number of ether oxygens (including phenoxy) is 3. The van der Waals surface area contributed by atoms with Crippen molar-refractivity contribution in [1.29, 1.82) is 0 Å². The van der Waals surface area contributed by atoms with Crippen LogP contribution >= 0.6 is 0 Å². The normalized spacial score (nSPS) is 23.3. The third-order valence-electron chi connectivity index (χ3n) is 8.42. The number of esters is 1. The van der Waals surface area contributed by atoms with E-state index in [1.165, 1.54) is 23.9 Å². The average molecular weight is 611 g/mol. The standard InChI is InChI=1S/C28H31FN8O7/c1-14-10-37(28(41)31-26(14)39)21-9-19(32-33-30)20(44-21)13-43-27(40)17-11-36-15(2)12-42-25-22(36)16(24(17)38)8-18(29)23(25)35-6-4-34(3)5-7-35/h8,10-11,15,19-21H,4-7,9,12-13H2,1-3H3,(H,31,39,41)/t15-,19?,20?,21?/m0/s1. The van der Waals surface area contributed by atoms with Crippen LogP contribution in [0.3, 0.4) is 0 Å². The molecule has 3 unspecified atom stereocenters. The minimum absolute atomic E-state index is 0.00618. The number of rotatable bonds is 6. The number of pyridine rings is 1. The first-order chi connectivity index (χ1) is 21.1. The van der Waals surface area contributed by atoms with Gasteiger partial charge in [-0.1, -0.05) is 5.11 Å². The second-order valence-corrected chi connectivity index (χ2v) is 11.4. The Morgan fingerprint density at radius 3 is 2.68 bits per heavy atom. The first-order valence-corrected chi connectivity index (χ1v) is 14.2. The number of carbonyl (C=O) groups excluding carboxylic acids is 1. The number of aryl methyl sites for hydroxylation is 1. The van der Waals surface area contributed by atoms with E-state index in [2.05, 4.69) is 19.9 Å². The van der Waals surface area contributed by atoms with Gasteiger partial charge in [0, 0.05) is 55.5 Å². The zero-order valence-corrected chi connectivity index (χ0v) is 24.4. The topological polar surface area (TPSA) is 177 Å². The number of aromatic nitrogens is 3. The van der Waals surface area contributed by atoms with Crippen LogP contribution in [0.1, 0.15) is 41.5 Å². The van der Waals surface area contributed by atoms with Crippen LogP contribution < -0.4 is 26.3 Å². The molecule has 4 atom stereocenters. The summed E-state index contributed by atoms with van der Waals surface area (Å²) in [4.78, 5) is 60.1. The second-order valence-electron chi connectivity index (χ2n) is 11.4. The van der Waals surface area contributed by atoms with Gasteiger partial charge < -0.3 is 28.6 Å². The predicted molar refractivity (Wildman–Crippen MR) is 156 cm³/mol. The summed E-state index contributed by atoms with van der Waals surface area (Å²) in [6.45, 7) is 5.88. The molecule has 3 aliphatic rings. The van der Waals surface area contributed by atoms with Crippen LogP contribution in [0.4, 0.5) is 10.1 Å². The molecule has 5 heterocycles. The summed E-state index contributed by atoms with van der Waals surface area (Å²) in [6, 6.07) is 0.0726. The quantitative estimate of drug-likeness (QED) is 0.189. The Bertz CT molecular complexity index is 1870. The summed E-state index contributed by atoms with van der Waals surface area (Å²) >= 11 is 0. The molecule has 0 aliphatic carbocycles. The number of H-pyrrole nitrogens is 1. The molecule has 15 nitrogen and oxygen atoms in total. The van der Waals surface area contributed by atoms with Crippen LogP contribution in [0.25, 0.3) is 21.3 Å². The van der Waals surface area contributed by atoms with Crippen LogP contribution in [0.2, 0.25) is 0 Å². The Morgan fingerprint density at radius 2 is 1.95 bits per heavy atom. The fourth-order valence-electron chi connectivity index (χ4n) is 5.94. The molecule has 1 N–H and O–H groups in total. The number of nitrogens with one attached hydrogen (secondary N) is 1. The molecule has 1 aromatic carbocycles. The number of halogens is 1. The van der Waals surface area contributed by atoms with E-state index in [1.54, 1.807) is 4.57 Å². The van der Waals surface area contributed by atoms with Gasteiger partial charge >= 0.3 is 11.7 Å². The van der Waals surface area contributed by atoms with E-state index >= 15 is 4.39 Å². The lowest BCUT2D eigenvalue weighted by Crippen LogP contribution is -2.45. The number of azide groups is 1. The maximum Gasteiger partial charge on any atom is 0.343 e. The van der Waals surface area contributed by atoms with E-state index in [0.29, 0.717) is 24.3 Å². The smallest absolute Gasteiger partial charge is 0.343 e. The van der Waals surface area contributed by atoms with Gasteiger partial charge in [-0.25, -0.2) is 14.0 Å². The van der Waals surface area contributed by atoms with E-state index in [-0.39, 0.29) is 41.3 Å². The molecule has 0 amide bonds. The maximum absolute atomic E-state index is 15.6. The molecular weight excluding hydrogens is 579 g/mol. The van der Waals surface area contributed by atoms with Crippen molar-refractivity contribution in [2.75, 3.05) is 51.3 Å². The van der Waals surface area contributed by atoms with Crippen LogP contribution in [0.15, 0.2) is 38.0 Å². The van der Waals surface area contributed by atoms with Crippen molar-refractivity contribution in [3.05, 3.63) is 76.9 Å². The van der Waals surface area contributed by atoms with Gasteiger partial charge in [-0.05, 0) is 32.5 Å². The minimum atomic E-state index is -0.965. The summed E-state index contributed by atoms with van der Waals surface area (Å²) in [5, 5.41) is 3.72. The molecule has 2 fully saturated rings. The number of aromatic amines is 1. The van der Waals surface area contributed by atoms with Gasteiger partial charge in [0.25, 0.3) is 5.56 Å². The Hall–Kier alpha value is -4.66. The van der Waals surface area contributed by atoms with E-state index in [9.17, 15) is 19.2 Å². The Morgan fingerprint density at radius 1 is 1.20 bits per heavy atom. The van der Waals surface area contributed by atoms with E-state index in [0.717, 1.165) is 19.2 Å². The molecule has 3 aromatic rings. The van der Waals surface area contributed by atoms with Crippen molar-refractivity contribution in [1.82, 2.24) is 19.0 Å². The van der Waals surface area contributed by atoms with Crippen molar-refractivity contribution < 1.29 is 23.4 Å². The second kappa shape index (κ2) is 11.4. The van der Waals surface area contributed by atoms with E-state index in [4.69, 9.17) is 19.7 Å². The van der Waals surface area contributed by atoms with Crippen molar-refractivity contribution in [2.45, 2.75) is 44.7 Å².